The summed E-state index contributed by atoms with van der Waals surface area (Å²) in [6.07, 6.45) is 0. The standard InChI is InChI=1S/C14H9N3/c15-17-14-11-8-4-5-9-12(11)16-13(14)10-6-2-1-3-7-10/h1-9H. The molecule has 3 rings (SSSR count). The maximum absolute atomic E-state index is 9.15. The minimum absolute atomic E-state index is 0.534. The lowest BCUT2D eigenvalue weighted by Crippen LogP contribution is -2.13. The Labute approximate surface area is 98.7 Å². The molecule has 0 bridgehead atoms. The summed E-state index contributed by atoms with van der Waals surface area (Å²) in [5.74, 6) is 0. The van der Waals surface area contributed by atoms with Crippen molar-refractivity contribution < 1.29 is 4.79 Å². The lowest BCUT2D eigenvalue weighted by molar-refractivity contribution is -0.000142. The van der Waals surface area contributed by atoms with Crippen molar-refractivity contribution in [3.05, 3.63) is 71.3 Å². The highest BCUT2D eigenvalue weighted by molar-refractivity contribution is 6.55. The average Bonchev–Trinajstić information content (AvgIpc) is 2.78. The molecule has 3 nitrogen and oxygen atoms in total. The topological polar surface area (TPSA) is 48.8 Å². The Kier molecular flexibility index (Phi) is 2.18. The number of rotatable bonds is 1. The zero-order valence-corrected chi connectivity index (χ0v) is 9.04. The van der Waals surface area contributed by atoms with Gasteiger partial charge in [0.15, 0.2) is 5.71 Å². The quantitative estimate of drug-likeness (QED) is 0.523. The Balaban J connectivity index is 2.20. The average molecular weight is 219 g/mol. The van der Waals surface area contributed by atoms with Gasteiger partial charge in [0.1, 0.15) is 0 Å². The van der Waals surface area contributed by atoms with Crippen LogP contribution >= 0.6 is 0 Å². The molecule has 0 spiro atoms. The highest BCUT2D eigenvalue weighted by Gasteiger charge is 2.30. The molecule has 0 fully saturated rings. The Morgan fingerprint density at radius 2 is 1.59 bits per heavy atom. The van der Waals surface area contributed by atoms with Gasteiger partial charge in [-0.3, -0.25) is 0 Å². The van der Waals surface area contributed by atoms with Crippen molar-refractivity contribution in [1.29, 1.82) is 0 Å². The molecule has 0 aromatic heterocycles. The molecule has 17 heavy (non-hydrogen) atoms. The Morgan fingerprint density at radius 3 is 2.35 bits per heavy atom. The minimum atomic E-state index is 0.534. The van der Waals surface area contributed by atoms with E-state index in [1.54, 1.807) is 0 Å². The van der Waals surface area contributed by atoms with Gasteiger partial charge in [0, 0.05) is 5.56 Å². The summed E-state index contributed by atoms with van der Waals surface area (Å²) in [5, 5.41) is 0. The monoisotopic (exact) mass is 219 g/mol. The zero-order chi connectivity index (χ0) is 11.7. The SMILES string of the molecule is [N-]=[N+]=C1C(c2ccccc2)=Nc2ccccc21. The lowest BCUT2D eigenvalue weighted by Gasteiger charge is -1.94. The van der Waals surface area contributed by atoms with Crippen LogP contribution in [0.15, 0.2) is 59.6 Å². The summed E-state index contributed by atoms with van der Waals surface area (Å²) in [5.41, 5.74) is 13.1. The normalized spacial score (nSPS) is 12.9. The van der Waals surface area contributed by atoms with Crippen LogP contribution in [-0.2, 0) is 0 Å². The molecule has 0 amide bonds. The fourth-order valence-electron chi connectivity index (χ4n) is 1.97. The third kappa shape index (κ3) is 1.50. The number of nitrogens with zero attached hydrogens (tertiary/aromatic N) is 3. The molecule has 0 aliphatic carbocycles. The smallest absolute Gasteiger partial charge is 0.350 e. The van der Waals surface area contributed by atoms with E-state index in [9.17, 15) is 0 Å². The first-order chi connectivity index (χ1) is 8.40. The second-order valence-corrected chi connectivity index (χ2v) is 3.79. The molecule has 0 radical (unpaired) electrons. The maximum atomic E-state index is 9.15. The molecular formula is C14H9N3. The summed E-state index contributed by atoms with van der Waals surface area (Å²) < 4.78 is 0. The molecule has 1 aliphatic rings. The van der Waals surface area contributed by atoms with E-state index in [2.05, 4.69) is 9.78 Å². The highest BCUT2D eigenvalue weighted by Crippen LogP contribution is 2.27. The Hall–Kier alpha value is -2.51. The van der Waals surface area contributed by atoms with Crippen molar-refractivity contribution >= 4 is 17.1 Å². The van der Waals surface area contributed by atoms with Crippen LogP contribution in [-0.4, -0.2) is 16.2 Å². The molecule has 80 valence electrons. The molecular weight excluding hydrogens is 210 g/mol. The Morgan fingerprint density at radius 1 is 0.882 bits per heavy atom. The summed E-state index contributed by atoms with van der Waals surface area (Å²) >= 11 is 0. The van der Waals surface area contributed by atoms with E-state index in [4.69, 9.17) is 5.53 Å². The van der Waals surface area contributed by atoms with Crippen LogP contribution in [0.5, 0.6) is 0 Å². The van der Waals surface area contributed by atoms with Crippen LogP contribution in [0.3, 0.4) is 0 Å². The van der Waals surface area contributed by atoms with Crippen LogP contribution in [0, 0.1) is 0 Å². The fourth-order valence-corrected chi connectivity index (χ4v) is 1.97. The number of hydrogen-bond donors (Lipinski definition) is 0. The van der Waals surface area contributed by atoms with Crippen LogP contribution in [0.4, 0.5) is 5.69 Å². The number of fused-ring (bicyclic) bond motifs is 1. The highest BCUT2D eigenvalue weighted by atomic mass is 14.9. The van der Waals surface area contributed by atoms with E-state index >= 15 is 0 Å². The second kappa shape index (κ2) is 3.81. The molecule has 2 aromatic carbocycles. The van der Waals surface area contributed by atoms with Crippen molar-refractivity contribution in [3.8, 4) is 0 Å². The van der Waals surface area contributed by atoms with Crippen molar-refractivity contribution in [2.75, 3.05) is 0 Å². The van der Waals surface area contributed by atoms with Gasteiger partial charge < -0.3 is 5.53 Å². The van der Waals surface area contributed by atoms with E-state index in [1.165, 1.54) is 0 Å². The largest absolute Gasteiger partial charge is 0.361 e. The maximum Gasteiger partial charge on any atom is 0.350 e. The van der Waals surface area contributed by atoms with Gasteiger partial charge in [-0.1, -0.05) is 42.5 Å². The van der Waals surface area contributed by atoms with Gasteiger partial charge in [-0.25, -0.2) is 4.99 Å². The number of benzene rings is 2. The van der Waals surface area contributed by atoms with Gasteiger partial charge in [-0.05, 0) is 12.1 Å². The molecule has 1 aliphatic heterocycles. The molecule has 0 atom stereocenters. The second-order valence-electron chi connectivity index (χ2n) is 3.79. The third-order valence-corrected chi connectivity index (χ3v) is 2.76. The first-order valence-electron chi connectivity index (χ1n) is 5.36. The molecule has 2 aromatic rings. The molecule has 0 unspecified atom stereocenters. The van der Waals surface area contributed by atoms with Crippen molar-refractivity contribution in [1.82, 2.24) is 0 Å². The van der Waals surface area contributed by atoms with Crippen molar-refractivity contribution in [2.24, 2.45) is 4.99 Å². The number of hydrogen-bond acceptors (Lipinski definition) is 1. The summed E-state index contributed by atoms with van der Waals surface area (Å²) in [6, 6.07) is 17.4. The van der Waals surface area contributed by atoms with E-state index in [1.807, 2.05) is 54.6 Å². The third-order valence-electron chi connectivity index (χ3n) is 2.76. The number of para-hydroxylation sites is 1. The van der Waals surface area contributed by atoms with E-state index in [0.717, 1.165) is 16.8 Å². The molecule has 3 heteroatoms. The van der Waals surface area contributed by atoms with Gasteiger partial charge in [-0.15, -0.1) is 0 Å². The Bertz CT molecular complexity index is 650. The predicted molar refractivity (Wildman–Crippen MR) is 66.8 cm³/mol. The minimum Gasteiger partial charge on any atom is -0.361 e. The van der Waals surface area contributed by atoms with Crippen molar-refractivity contribution in [3.63, 3.8) is 0 Å². The lowest BCUT2D eigenvalue weighted by atomic mass is 10.0. The predicted octanol–water partition coefficient (Wildman–Crippen LogP) is 2.84. The van der Waals surface area contributed by atoms with Gasteiger partial charge in [0.05, 0.1) is 11.3 Å². The number of aliphatic imine (C=N–C) groups is 1. The van der Waals surface area contributed by atoms with Crippen LogP contribution in [0.25, 0.3) is 5.53 Å². The van der Waals surface area contributed by atoms with Crippen molar-refractivity contribution in [2.45, 2.75) is 0 Å². The van der Waals surface area contributed by atoms with Gasteiger partial charge in [0.25, 0.3) is 0 Å². The summed E-state index contributed by atoms with van der Waals surface area (Å²) in [6.45, 7) is 0. The van der Waals surface area contributed by atoms with Gasteiger partial charge in [0.2, 0.25) is 0 Å². The van der Waals surface area contributed by atoms with Gasteiger partial charge >= 0.3 is 5.71 Å². The van der Waals surface area contributed by atoms with E-state index < -0.39 is 0 Å². The van der Waals surface area contributed by atoms with Crippen LogP contribution in [0.1, 0.15) is 11.1 Å². The fraction of sp³-hybridized carbons (Fsp3) is 0. The molecule has 0 saturated carbocycles. The molecule has 0 saturated heterocycles. The zero-order valence-electron chi connectivity index (χ0n) is 9.04. The van der Waals surface area contributed by atoms with Crippen LogP contribution in [0.2, 0.25) is 0 Å². The first kappa shape index (κ1) is 9.70. The molecule has 0 N–H and O–H groups in total. The first-order valence-corrected chi connectivity index (χ1v) is 5.36. The summed E-state index contributed by atoms with van der Waals surface area (Å²) in [7, 11) is 0. The van der Waals surface area contributed by atoms with Crippen LogP contribution < -0.4 is 0 Å². The van der Waals surface area contributed by atoms with E-state index in [0.29, 0.717) is 11.4 Å². The van der Waals surface area contributed by atoms with E-state index in [-0.39, 0.29) is 0 Å². The summed E-state index contributed by atoms with van der Waals surface area (Å²) in [4.78, 5) is 7.87. The molecule has 1 heterocycles. The van der Waals surface area contributed by atoms with Gasteiger partial charge in [-0.2, -0.15) is 4.79 Å².